The number of carbonyl (C=O) groups is 1. The Bertz CT molecular complexity index is 483. The molecule has 1 heterocycles. The van der Waals surface area contributed by atoms with E-state index in [1.54, 1.807) is 12.1 Å². The van der Waals surface area contributed by atoms with Crippen molar-refractivity contribution >= 4 is 5.91 Å². The van der Waals surface area contributed by atoms with E-state index in [0.717, 1.165) is 0 Å². The molecule has 5 nitrogen and oxygen atoms in total. The smallest absolute Gasteiger partial charge is 0.273 e. The van der Waals surface area contributed by atoms with Crippen molar-refractivity contribution in [1.29, 1.82) is 0 Å². The minimum Gasteiger partial charge on any atom is -0.347 e. The lowest BCUT2D eigenvalue weighted by molar-refractivity contribution is 0.0946. The van der Waals surface area contributed by atoms with Gasteiger partial charge < -0.3 is 5.32 Å². The molecule has 0 atom stereocenters. The maximum Gasteiger partial charge on any atom is 0.273 e. The van der Waals surface area contributed by atoms with Gasteiger partial charge in [0.15, 0.2) is 5.69 Å². The average Bonchev–Trinajstić information content (AvgIpc) is 2.79. The topological polar surface area (TPSA) is 70.7 Å². The average molecular weight is 220 g/mol. The van der Waals surface area contributed by atoms with E-state index in [1.165, 1.54) is 18.3 Å². The predicted octanol–water partition coefficient (Wildman–Crippen LogP) is 0.874. The molecule has 0 bridgehead atoms. The molecule has 0 saturated heterocycles. The summed E-state index contributed by atoms with van der Waals surface area (Å²) in [7, 11) is 0. The molecule has 0 fully saturated rings. The summed E-state index contributed by atoms with van der Waals surface area (Å²) < 4.78 is 12.8. The van der Waals surface area contributed by atoms with Crippen LogP contribution in [0.3, 0.4) is 0 Å². The molecule has 2 rings (SSSR count). The van der Waals surface area contributed by atoms with Gasteiger partial charge >= 0.3 is 0 Å². The van der Waals surface area contributed by atoms with E-state index in [0.29, 0.717) is 5.56 Å². The van der Waals surface area contributed by atoms with Crippen molar-refractivity contribution in [3.05, 3.63) is 47.5 Å². The maximum atomic E-state index is 12.8. The second-order valence-electron chi connectivity index (χ2n) is 3.17. The fourth-order valence-electron chi connectivity index (χ4n) is 1.23. The van der Waals surface area contributed by atoms with Crippen LogP contribution in [0.4, 0.5) is 4.39 Å². The SMILES string of the molecule is O=C(NCc1cccc(F)c1)c1c[nH]nn1. The molecule has 0 saturated carbocycles. The highest BCUT2D eigenvalue weighted by Crippen LogP contribution is 2.03. The Morgan fingerprint density at radius 2 is 2.38 bits per heavy atom. The van der Waals surface area contributed by atoms with Gasteiger partial charge in [-0.1, -0.05) is 17.3 Å². The number of hydrogen-bond donors (Lipinski definition) is 2. The molecule has 0 unspecified atom stereocenters. The Balaban J connectivity index is 1.95. The van der Waals surface area contributed by atoms with E-state index in [1.807, 2.05) is 0 Å². The van der Waals surface area contributed by atoms with Gasteiger partial charge in [-0.05, 0) is 17.7 Å². The zero-order valence-electron chi connectivity index (χ0n) is 8.27. The number of nitrogens with zero attached hydrogens (tertiary/aromatic N) is 2. The van der Waals surface area contributed by atoms with Crippen LogP contribution >= 0.6 is 0 Å². The van der Waals surface area contributed by atoms with Crippen molar-refractivity contribution < 1.29 is 9.18 Å². The third-order valence-corrected chi connectivity index (χ3v) is 1.99. The monoisotopic (exact) mass is 220 g/mol. The van der Waals surface area contributed by atoms with Crippen molar-refractivity contribution in [2.75, 3.05) is 0 Å². The third kappa shape index (κ3) is 2.41. The fraction of sp³-hybridized carbons (Fsp3) is 0.100. The van der Waals surface area contributed by atoms with Gasteiger partial charge in [0.25, 0.3) is 5.91 Å². The molecular formula is C10H9FN4O. The number of carbonyl (C=O) groups excluding carboxylic acids is 1. The Morgan fingerprint density at radius 1 is 1.50 bits per heavy atom. The highest BCUT2D eigenvalue weighted by Gasteiger charge is 2.07. The summed E-state index contributed by atoms with van der Waals surface area (Å²) in [6.45, 7) is 0.253. The summed E-state index contributed by atoms with van der Waals surface area (Å²) in [5, 5.41) is 12.0. The van der Waals surface area contributed by atoms with Crippen LogP contribution < -0.4 is 5.32 Å². The summed E-state index contributed by atoms with van der Waals surface area (Å²) in [5.41, 5.74) is 0.897. The molecule has 0 aliphatic heterocycles. The summed E-state index contributed by atoms with van der Waals surface area (Å²) in [6, 6.07) is 6.03. The van der Waals surface area contributed by atoms with Crippen LogP contribution in [-0.2, 0) is 6.54 Å². The molecule has 6 heteroatoms. The number of rotatable bonds is 3. The Kier molecular flexibility index (Phi) is 2.90. The highest BCUT2D eigenvalue weighted by atomic mass is 19.1. The van der Waals surface area contributed by atoms with Gasteiger partial charge in [-0.2, -0.15) is 0 Å². The maximum absolute atomic E-state index is 12.8. The van der Waals surface area contributed by atoms with Gasteiger partial charge in [-0.15, -0.1) is 5.10 Å². The number of halogens is 1. The molecule has 82 valence electrons. The summed E-state index contributed by atoms with van der Waals surface area (Å²) in [4.78, 5) is 11.4. The van der Waals surface area contributed by atoms with E-state index >= 15 is 0 Å². The Labute approximate surface area is 90.7 Å². The second kappa shape index (κ2) is 4.52. The first kappa shape index (κ1) is 10.3. The van der Waals surface area contributed by atoms with E-state index in [2.05, 4.69) is 20.7 Å². The van der Waals surface area contributed by atoms with Crippen molar-refractivity contribution in [2.45, 2.75) is 6.54 Å². The predicted molar refractivity (Wildman–Crippen MR) is 54.0 cm³/mol. The fourth-order valence-corrected chi connectivity index (χ4v) is 1.23. The minimum absolute atomic E-state index is 0.205. The number of amides is 1. The van der Waals surface area contributed by atoms with Crippen LogP contribution in [0.15, 0.2) is 30.5 Å². The van der Waals surface area contributed by atoms with Crippen LogP contribution in [0.2, 0.25) is 0 Å². The normalized spacial score (nSPS) is 10.1. The zero-order valence-corrected chi connectivity index (χ0v) is 8.27. The number of hydrogen-bond acceptors (Lipinski definition) is 3. The first-order chi connectivity index (χ1) is 7.75. The second-order valence-corrected chi connectivity index (χ2v) is 3.17. The van der Waals surface area contributed by atoms with Gasteiger partial charge in [0, 0.05) is 6.54 Å². The van der Waals surface area contributed by atoms with Crippen molar-refractivity contribution in [1.82, 2.24) is 20.7 Å². The summed E-state index contributed by atoms with van der Waals surface area (Å²) >= 11 is 0. The molecule has 0 spiro atoms. The van der Waals surface area contributed by atoms with Crippen LogP contribution in [-0.4, -0.2) is 21.3 Å². The van der Waals surface area contributed by atoms with Gasteiger partial charge in [-0.3, -0.25) is 9.89 Å². The Hall–Kier alpha value is -2.24. The van der Waals surface area contributed by atoms with Gasteiger partial charge in [0.2, 0.25) is 0 Å². The largest absolute Gasteiger partial charge is 0.347 e. The number of aromatic nitrogens is 3. The molecule has 2 aromatic rings. The summed E-state index contributed by atoms with van der Waals surface area (Å²) in [6.07, 6.45) is 1.39. The highest BCUT2D eigenvalue weighted by molar-refractivity contribution is 5.91. The van der Waals surface area contributed by atoms with Crippen molar-refractivity contribution in [3.8, 4) is 0 Å². The first-order valence-electron chi connectivity index (χ1n) is 4.65. The van der Waals surface area contributed by atoms with Crippen molar-refractivity contribution in [3.63, 3.8) is 0 Å². The summed E-state index contributed by atoms with van der Waals surface area (Å²) in [5.74, 6) is -0.675. The van der Waals surface area contributed by atoms with E-state index in [4.69, 9.17) is 0 Å². The molecule has 0 aliphatic carbocycles. The molecule has 2 N–H and O–H groups in total. The molecule has 1 aromatic carbocycles. The zero-order chi connectivity index (χ0) is 11.4. The van der Waals surface area contributed by atoms with E-state index in [9.17, 15) is 9.18 Å². The number of benzene rings is 1. The quantitative estimate of drug-likeness (QED) is 0.806. The molecule has 1 aromatic heterocycles. The lowest BCUT2D eigenvalue weighted by Crippen LogP contribution is -2.23. The third-order valence-electron chi connectivity index (χ3n) is 1.99. The Morgan fingerprint density at radius 3 is 3.06 bits per heavy atom. The number of H-pyrrole nitrogens is 1. The molecular weight excluding hydrogens is 211 g/mol. The minimum atomic E-state index is -0.349. The van der Waals surface area contributed by atoms with Gasteiger partial charge in [-0.25, -0.2) is 4.39 Å². The first-order valence-corrected chi connectivity index (χ1v) is 4.65. The molecule has 0 radical (unpaired) electrons. The molecule has 1 amide bonds. The van der Waals surface area contributed by atoms with Crippen LogP contribution in [0, 0.1) is 5.82 Å². The van der Waals surface area contributed by atoms with Gasteiger partial charge in [0.05, 0.1) is 6.20 Å². The molecule has 16 heavy (non-hydrogen) atoms. The van der Waals surface area contributed by atoms with Gasteiger partial charge in [0.1, 0.15) is 5.82 Å². The van der Waals surface area contributed by atoms with Crippen LogP contribution in [0.1, 0.15) is 16.1 Å². The van der Waals surface area contributed by atoms with E-state index < -0.39 is 0 Å². The van der Waals surface area contributed by atoms with Crippen LogP contribution in [0.5, 0.6) is 0 Å². The number of aromatic amines is 1. The lowest BCUT2D eigenvalue weighted by atomic mass is 10.2. The molecule has 0 aliphatic rings. The standard InChI is InChI=1S/C10H9FN4O/c11-8-3-1-2-7(4-8)5-12-10(16)9-6-13-15-14-9/h1-4,6H,5H2,(H,12,16)(H,13,14,15). The van der Waals surface area contributed by atoms with Crippen molar-refractivity contribution in [2.24, 2.45) is 0 Å². The van der Waals surface area contributed by atoms with Crippen LogP contribution in [0.25, 0.3) is 0 Å². The number of nitrogens with one attached hydrogen (secondary N) is 2. The van der Waals surface area contributed by atoms with E-state index in [-0.39, 0.29) is 24.0 Å². The lowest BCUT2D eigenvalue weighted by Gasteiger charge is -2.02.